The van der Waals surface area contributed by atoms with E-state index in [1.54, 1.807) is 0 Å². The minimum atomic E-state index is -5.20. The fourth-order valence-corrected chi connectivity index (χ4v) is 2.10. The second-order valence-corrected chi connectivity index (χ2v) is 4.86. The number of halogens is 3. The summed E-state index contributed by atoms with van der Waals surface area (Å²) >= 11 is 0. The quantitative estimate of drug-likeness (QED) is 0.668. The summed E-state index contributed by atoms with van der Waals surface area (Å²) in [7, 11) is 0. The Morgan fingerprint density at radius 2 is 2.21 bits per heavy atom. The average molecular weight is 347 g/mol. The highest BCUT2D eigenvalue weighted by Crippen LogP contribution is 2.41. The molecule has 1 atom stereocenters. The Balaban J connectivity index is 2.46. The third kappa shape index (κ3) is 3.02. The zero-order valence-corrected chi connectivity index (χ0v) is 12.3. The van der Waals surface area contributed by atoms with Crippen LogP contribution in [0.1, 0.15) is 18.9 Å². The Labute approximate surface area is 133 Å². The maximum atomic E-state index is 13.2. The number of rotatable bonds is 3. The average Bonchev–Trinajstić information content (AvgIpc) is 2.87. The van der Waals surface area contributed by atoms with Crippen LogP contribution >= 0.6 is 0 Å². The third-order valence-electron chi connectivity index (χ3n) is 3.27. The molecule has 1 N–H and O–H groups in total. The first-order valence-electron chi connectivity index (χ1n) is 6.68. The molecule has 0 unspecified atom stereocenters. The highest BCUT2D eigenvalue weighted by atomic mass is 19.4. The Kier molecular flexibility index (Phi) is 4.47. The van der Waals surface area contributed by atoms with Gasteiger partial charge in [0.1, 0.15) is 0 Å². The highest BCUT2D eigenvalue weighted by Gasteiger charge is 2.64. The van der Waals surface area contributed by atoms with Crippen molar-refractivity contribution in [1.82, 2.24) is 5.01 Å². The first kappa shape index (κ1) is 17.7. The number of non-ortho nitro benzene ring substituents is 1. The molecule has 1 aromatic carbocycles. The van der Waals surface area contributed by atoms with Crippen LogP contribution in [0.4, 0.5) is 23.7 Å². The van der Waals surface area contributed by atoms with Crippen LogP contribution in [0.5, 0.6) is 0 Å². The normalized spacial score (nSPS) is 20.7. The van der Waals surface area contributed by atoms with Crippen molar-refractivity contribution in [2.24, 2.45) is 5.10 Å². The minimum Gasteiger partial charge on any atom is -0.448 e. The van der Waals surface area contributed by atoms with Crippen LogP contribution < -0.4 is 0 Å². The third-order valence-corrected chi connectivity index (χ3v) is 3.27. The zero-order chi connectivity index (χ0) is 18.1. The van der Waals surface area contributed by atoms with E-state index in [4.69, 9.17) is 0 Å². The van der Waals surface area contributed by atoms with Crippen LogP contribution in [-0.2, 0) is 4.74 Å². The van der Waals surface area contributed by atoms with Gasteiger partial charge in [0.15, 0.2) is 0 Å². The number of nitrogens with zero attached hydrogens (tertiary/aromatic N) is 3. The van der Waals surface area contributed by atoms with Gasteiger partial charge in [0.05, 0.1) is 23.7 Å². The van der Waals surface area contributed by atoms with E-state index in [0.29, 0.717) is 0 Å². The standard InChI is InChI=1S/C13H12F3N3O5/c1-2-24-11(20)18-12(21,13(14,15)16)7-10(17-18)8-4-3-5-9(6-8)19(22)23/h3-6,21H,2,7H2,1H3/t12-/m1/s1. The number of benzene rings is 1. The summed E-state index contributed by atoms with van der Waals surface area (Å²) in [5.74, 6) is 0. The van der Waals surface area contributed by atoms with Gasteiger partial charge >= 0.3 is 12.3 Å². The van der Waals surface area contributed by atoms with Crippen molar-refractivity contribution >= 4 is 17.5 Å². The molecule has 0 spiro atoms. The Morgan fingerprint density at radius 1 is 1.54 bits per heavy atom. The lowest BCUT2D eigenvalue weighted by Gasteiger charge is -2.31. The summed E-state index contributed by atoms with van der Waals surface area (Å²) in [4.78, 5) is 21.7. The molecule has 1 aliphatic heterocycles. The molecule has 0 aromatic heterocycles. The van der Waals surface area contributed by atoms with E-state index < -0.39 is 29.3 Å². The zero-order valence-electron chi connectivity index (χ0n) is 12.3. The lowest BCUT2D eigenvalue weighted by molar-refractivity contribution is -0.384. The predicted molar refractivity (Wildman–Crippen MR) is 74.1 cm³/mol. The molecule has 1 aromatic rings. The first-order chi connectivity index (χ1) is 11.1. The van der Waals surface area contributed by atoms with E-state index in [0.717, 1.165) is 12.1 Å². The molecule has 0 aliphatic carbocycles. The lowest BCUT2D eigenvalue weighted by atomic mass is 10.0. The number of carbonyl (C=O) groups is 1. The van der Waals surface area contributed by atoms with Gasteiger partial charge < -0.3 is 9.84 Å². The van der Waals surface area contributed by atoms with Gasteiger partial charge in [-0.25, -0.2) is 4.79 Å². The van der Waals surface area contributed by atoms with Gasteiger partial charge in [-0.05, 0) is 6.92 Å². The van der Waals surface area contributed by atoms with Crippen LogP contribution in [-0.4, -0.2) is 45.4 Å². The maximum Gasteiger partial charge on any atom is 0.439 e. The van der Waals surface area contributed by atoms with Gasteiger partial charge in [-0.15, -0.1) is 0 Å². The second-order valence-electron chi connectivity index (χ2n) is 4.86. The predicted octanol–water partition coefficient (Wildman–Crippen LogP) is 2.41. The molecule has 11 heteroatoms. The molecule has 1 heterocycles. The van der Waals surface area contributed by atoms with Crippen LogP contribution in [0, 0.1) is 10.1 Å². The van der Waals surface area contributed by atoms with E-state index in [2.05, 4.69) is 9.84 Å². The van der Waals surface area contributed by atoms with Gasteiger partial charge in [0.2, 0.25) is 0 Å². The number of nitro groups is 1. The monoisotopic (exact) mass is 347 g/mol. The van der Waals surface area contributed by atoms with Crippen molar-refractivity contribution in [3.05, 3.63) is 39.9 Å². The Bertz CT molecular complexity index is 706. The molecular weight excluding hydrogens is 335 g/mol. The highest BCUT2D eigenvalue weighted by molar-refractivity contribution is 6.03. The fourth-order valence-electron chi connectivity index (χ4n) is 2.10. The summed E-state index contributed by atoms with van der Waals surface area (Å²) in [5.41, 5.74) is -4.29. The molecular formula is C13H12F3N3O5. The minimum absolute atomic E-state index is 0.0151. The summed E-state index contributed by atoms with van der Waals surface area (Å²) < 4.78 is 44.1. The molecule has 0 bridgehead atoms. The molecule has 2 rings (SSSR count). The number of aliphatic hydroxyl groups is 1. The van der Waals surface area contributed by atoms with Crippen molar-refractivity contribution < 1.29 is 32.7 Å². The van der Waals surface area contributed by atoms with Gasteiger partial charge in [0.25, 0.3) is 11.4 Å². The van der Waals surface area contributed by atoms with Crippen LogP contribution in [0.3, 0.4) is 0 Å². The second kappa shape index (κ2) is 6.07. The first-order valence-corrected chi connectivity index (χ1v) is 6.68. The molecule has 8 nitrogen and oxygen atoms in total. The number of carbonyl (C=O) groups excluding carboxylic acids is 1. The smallest absolute Gasteiger partial charge is 0.439 e. The maximum absolute atomic E-state index is 13.2. The van der Waals surface area contributed by atoms with E-state index >= 15 is 0 Å². The Hall–Kier alpha value is -2.69. The molecule has 0 saturated carbocycles. The number of hydrogen-bond donors (Lipinski definition) is 1. The van der Waals surface area contributed by atoms with Gasteiger partial charge in [-0.3, -0.25) is 10.1 Å². The van der Waals surface area contributed by atoms with E-state index in [9.17, 15) is 33.2 Å². The van der Waals surface area contributed by atoms with Gasteiger partial charge in [0, 0.05) is 17.7 Å². The van der Waals surface area contributed by atoms with Crippen molar-refractivity contribution in [2.75, 3.05) is 6.61 Å². The number of ether oxygens (including phenoxy) is 1. The van der Waals surface area contributed by atoms with Gasteiger partial charge in [-0.2, -0.15) is 23.3 Å². The topological polar surface area (TPSA) is 105 Å². The van der Waals surface area contributed by atoms with Crippen molar-refractivity contribution in [3.63, 3.8) is 0 Å². The largest absolute Gasteiger partial charge is 0.448 e. The van der Waals surface area contributed by atoms with Crippen molar-refractivity contribution in [3.8, 4) is 0 Å². The molecule has 0 fully saturated rings. The van der Waals surface area contributed by atoms with Gasteiger partial charge in [-0.1, -0.05) is 12.1 Å². The van der Waals surface area contributed by atoms with E-state index in [-0.39, 0.29) is 28.6 Å². The van der Waals surface area contributed by atoms with Crippen LogP contribution in [0.15, 0.2) is 29.4 Å². The molecule has 0 radical (unpaired) electrons. The van der Waals surface area contributed by atoms with Crippen molar-refractivity contribution in [2.45, 2.75) is 25.2 Å². The number of alkyl halides is 3. The summed E-state index contributed by atoms with van der Waals surface area (Å²) in [6, 6.07) is 4.70. The molecule has 1 amide bonds. The summed E-state index contributed by atoms with van der Waals surface area (Å²) in [5, 5.41) is 24.0. The fraction of sp³-hybridized carbons (Fsp3) is 0.385. The summed E-state index contributed by atoms with van der Waals surface area (Å²) in [6.07, 6.45) is -7.75. The summed E-state index contributed by atoms with van der Waals surface area (Å²) in [6.45, 7) is 1.16. The van der Waals surface area contributed by atoms with E-state index in [1.807, 2.05) is 0 Å². The number of hydrazone groups is 1. The number of amides is 1. The number of hydrogen-bond acceptors (Lipinski definition) is 6. The van der Waals surface area contributed by atoms with Crippen molar-refractivity contribution in [1.29, 1.82) is 0 Å². The molecule has 24 heavy (non-hydrogen) atoms. The van der Waals surface area contributed by atoms with E-state index in [1.165, 1.54) is 19.1 Å². The SMILES string of the molecule is CCOC(=O)N1N=C(c2cccc([N+](=O)[O-])c2)C[C@@]1(O)C(F)(F)F. The van der Waals surface area contributed by atoms with Crippen LogP contribution in [0.25, 0.3) is 0 Å². The molecule has 130 valence electrons. The molecule has 0 saturated heterocycles. The lowest BCUT2D eigenvalue weighted by Crippen LogP contribution is -2.56. The van der Waals surface area contributed by atoms with Crippen LogP contribution in [0.2, 0.25) is 0 Å². The Morgan fingerprint density at radius 3 is 2.75 bits per heavy atom. The molecule has 1 aliphatic rings. The number of nitro benzene ring substituents is 1.